The summed E-state index contributed by atoms with van der Waals surface area (Å²) in [6.07, 6.45) is 0.979. The molecule has 0 spiro atoms. The SMILES string of the molecule is C1CCNCC1.O=C(O)N=NC(=O)O. The lowest BCUT2D eigenvalue weighted by molar-refractivity contribution is 0.194. The second-order valence-electron chi connectivity index (χ2n) is 2.58. The largest absolute Gasteiger partial charge is 0.462 e. The van der Waals surface area contributed by atoms with E-state index in [9.17, 15) is 9.59 Å². The predicted octanol–water partition coefficient (Wildman–Crippen LogP) is 1.55. The van der Waals surface area contributed by atoms with Gasteiger partial charge < -0.3 is 15.5 Å². The second kappa shape index (κ2) is 8.11. The molecule has 2 amide bonds. The third kappa shape index (κ3) is 10.5. The van der Waals surface area contributed by atoms with E-state index in [2.05, 4.69) is 15.5 Å². The van der Waals surface area contributed by atoms with Crippen LogP contribution in [0.3, 0.4) is 0 Å². The van der Waals surface area contributed by atoms with Crippen molar-refractivity contribution in [2.45, 2.75) is 19.3 Å². The number of amides is 2. The molecule has 14 heavy (non-hydrogen) atoms. The highest BCUT2D eigenvalue weighted by Gasteiger charge is 1.93. The van der Waals surface area contributed by atoms with Gasteiger partial charge in [-0.15, -0.1) is 0 Å². The Morgan fingerprint density at radius 2 is 1.36 bits per heavy atom. The van der Waals surface area contributed by atoms with E-state index in [1.807, 2.05) is 0 Å². The number of azo groups is 1. The van der Waals surface area contributed by atoms with Crippen molar-refractivity contribution in [2.75, 3.05) is 13.1 Å². The number of nitrogens with one attached hydrogen (secondary N) is 1. The molecule has 1 rings (SSSR count). The summed E-state index contributed by atoms with van der Waals surface area (Å²) in [5.74, 6) is 0. The fourth-order valence-corrected chi connectivity index (χ4v) is 0.887. The molecule has 1 heterocycles. The molecule has 0 bridgehead atoms. The lowest BCUT2D eigenvalue weighted by atomic mass is 10.2. The summed E-state index contributed by atoms with van der Waals surface area (Å²) < 4.78 is 0. The first-order valence-corrected chi connectivity index (χ1v) is 4.21. The maximum atomic E-state index is 9.38. The van der Waals surface area contributed by atoms with Crippen LogP contribution in [0, 0.1) is 0 Å². The number of nitrogens with zero attached hydrogens (tertiary/aromatic N) is 2. The third-order valence-corrected chi connectivity index (χ3v) is 1.43. The van der Waals surface area contributed by atoms with E-state index in [1.165, 1.54) is 32.4 Å². The van der Waals surface area contributed by atoms with Gasteiger partial charge in [-0.2, -0.15) is 0 Å². The zero-order valence-corrected chi connectivity index (χ0v) is 7.64. The molecule has 0 saturated carbocycles. The summed E-state index contributed by atoms with van der Waals surface area (Å²) in [6.45, 7) is 2.50. The van der Waals surface area contributed by atoms with Crippen LogP contribution in [0.2, 0.25) is 0 Å². The molecule has 0 radical (unpaired) electrons. The van der Waals surface area contributed by atoms with Gasteiger partial charge in [-0.25, -0.2) is 9.59 Å². The summed E-state index contributed by atoms with van der Waals surface area (Å²) in [5, 5.41) is 23.1. The predicted molar refractivity (Wildman–Crippen MR) is 47.6 cm³/mol. The Morgan fingerprint density at radius 3 is 1.50 bits per heavy atom. The van der Waals surface area contributed by atoms with Crippen molar-refractivity contribution in [3.05, 3.63) is 0 Å². The number of hydrogen-bond acceptors (Lipinski definition) is 3. The molecule has 0 aromatic rings. The molecule has 3 N–H and O–H groups in total. The molecule has 0 aromatic heterocycles. The Morgan fingerprint density at radius 1 is 0.929 bits per heavy atom. The molecule has 0 aromatic carbocycles. The van der Waals surface area contributed by atoms with Gasteiger partial charge in [0.2, 0.25) is 0 Å². The van der Waals surface area contributed by atoms with Gasteiger partial charge in [0.1, 0.15) is 0 Å². The van der Waals surface area contributed by atoms with Crippen LogP contribution in [0.5, 0.6) is 0 Å². The van der Waals surface area contributed by atoms with E-state index < -0.39 is 12.2 Å². The van der Waals surface area contributed by atoms with Crippen LogP contribution in [0.25, 0.3) is 0 Å². The zero-order chi connectivity index (χ0) is 10.8. The van der Waals surface area contributed by atoms with Gasteiger partial charge in [-0.05, 0) is 25.9 Å². The molecule has 7 heteroatoms. The smallest absolute Gasteiger partial charge is 0.450 e. The molecule has 1 saturated heterocycles. The fourth-order valence-electron chi connectivity index (χ4n) is 0.887. The van der Waals surface area contributed by atoms with Crippen LogP contribution in [-0.2, 0) is 0 Å². The van der Waals surface area contributed by atoms with Crippen LogP contribution in [-0.4, -0.2) is 35.5 Å². The number of piperidine rings is 1. The van der Waals surface area contributed by atoms with Gasteiger partial charge in [0.05, 0.1) is 0 Å². The molecule has 0 atom stereocenters. The molecule has 1 aliphatic heterocycles. The molecular formula is C7H13N3O4. The highest BCUT2D eigenvalue weighted by molar-refractivity contribution is 5.70. The topological polar surface area (TPSA) is 111 Å². The van der Waals surface area contributed by atoms with Crippen molar-refractivity contribution in [3.63, 3.8) is 0 Å². The van der Waals surface area contributed by atoms with E-state index >= 15 is 0 Å². The number of rotatable bonds is 0. The lowest BCUT2D eigenvalue weighted by Gasteiger charge is -2.08. The summed E-state index contributed by atoms with van der Waals surface area (Å²) in [6, 6.07) is 0. The standard InChI is InChI=1S/C5H11N.C2H2N2O4/c1-2-4-6-5-3-1;5-1(6)3-4-2(7)8/h6H,1-5H2;(H,5,6)(H,7,8). The monoisotopic (exact) mass is 203 g/mol. The second-order valence-corrected chi connectivity index (χ2v) is 2.58. The van der Waals surface area contributed by atoms with Crippen LogP contribution in [0.15, 0.2) is 10.2 Å². The van der Waals surface area contributed by atoms with Gasteiger partial charge >= 0.3 is 12.2 Å². The van der Waals surface area contributed by atoms with Gasteiger partial charge in [0, 0.05) is 0 Å². The van der Waals surface area contributed by atoms with Crippen LogP contribution in [0.1, 0.15) is 19.3 Å². The summed E-state index contributed by atoms with van der Waals surface area (Å²) in [7, 11) is 0. The first kappa shape index (κ1) is 12.5. The fraction of sp³-hybridized carbons (Fsp3) is 0.714. The molecule has 1 aliphatic rings. The van der Waals surface area contributed by atoms with Gasteiger partial charge in [0.15, 0.2) is 0 Å². The molecule has 0 unspecified atom stereocenters. The first-order valence-electron chi connectivity index (χ1n) is 4.21. The van der Waals surface area contributed by atoms with Crippen LogP contribution >= 0.6 is 0 Å². The van der Waals surface area contributed by atoms with Crippen molar-refractivity contribution >= 4 is 12.2 Å². The first-order chi connectivity index (χ1) is 6.63. The zero-order valence-electron chi connectivity index (χ0n) is 7.64. The van der Waals surface area contributed by atoms with Crippen molar-refractivity contribution in [2.24, 2.45) is 10.2 Å². The number of carbonyl (C=O) groups is 2. The average Bonchev–Trinajstić information content (AvgIpc) is 2.18. The van der Waals surface area contributed by atoms with Gasteiger partial charge in [0.25, 0.3) is 0 Å². The minimum Gasteiger partial charge on any atom is -0.462 e. The molecular weight excluding hydrogens is 190 g/mol. The van der Waals surface area contributed by atoms with Crippen molar-refractivity contribution in [1.82, 2.24) is 5.32 Å². The third-order valence-electron chi connectivity index (χ3n) is 1.43. The van der Waals surface area contributed by atoms with Crippen molar-refractivity contribution in [3.8, 4) is 0 Å². The van der Waals surface area contributed by atoms with Crippen LogP contribution < -0.4 is 5.32 Å². The van der Waals surface area contributed by atoms with E-state index in [-0.39, 0.29) is 0 Å². The van der Waals surface area contributed by atoms with E-state index in [1.54, 1.807) is 0 Å². The van der Waals surface area contributed by atoms with Crippen molar-refractivity contribution < 1.29 is 19.8 Å². The molecule has 80 valence electrons. The van der Waals surface area contributed by atoms with Crippen molar-refractivity contribution in [1.29, 1.82) is 0 Å². The van der Waals surface area contributed by atoms with Gasteiger partial charge in [-0.1, -0.05) is 16.6 Å². The Kier molecular flexibility index (Phi) is 7.24. The molecule has 7 nitrogen and oxygen atoms in total. The van der Waals surface area contributed by atoms with E-state index in [4.69, 9.17) is 10.2 Å². The van der Waals surface area contributed by atoms with E-state index in [0.29, 0.717) is 0 Å². The highest BCUT2D eigenvalue weighted by atomic mass is 16.4. The Labute approximate surface area is 80.8 Å². The van der Waals surface area contributed by atoms with E-state index in [0.717, 1.165) is 0 Å². The summed E-state index contributed by atoms with van der Waals surface area (Å²) in [5.41, 5.74) is 0. The number of hydrogen-bond donors (Lipinski definition) is 3. The minimum atomic E-state index is -1.62. The summed E-state index contributed by atoms with van der Waals surface area (Å²) >= 11 is 0. The highest BCUT2D eigenvalue weighted by Crippen LogP contribution is 1.96. The maximum Gasteiger partial charge on any atom is 0.450 e. The normalized spacial score (nSPS) is 15.7. The maximum absolute atomic E-state index is 9.38. The quantitative estimate of drug-likeness (QED) is 0.517. The summed E-state index contributed by atoms with van der Waals surface area (Å²) in [4.78, 5) is 18.8. The van der Waals surface area contributed by atoms with Gasteiger partial charge in [-0.3, -0.25) is 0 Å². The molecule has 0 aliphatic carbocycles. The minimum absolute atomic E-state index is 1.25. The average molecular weight is 203 g/mol. The Hall–Kier alpha value is -1.50. The number of carboxylic acid groups (broad SMARTS) is 2. The Bertz CT molecular complexity index is 185. The molecule has 1 fully saturated rings. The Balaban J connectivity index is 0.000000249. The van der Waals surface area contributed by atoms with Crippen LogP contribution in [0.4, 0.5) is 9.59 Å². The lowest BCUT2D eigenvalue weighted by Crippen LogP contribution is -2.21.